The fraction of sp³-hybridized carbons (Fsp3) is 0.333. The smallest absolute Gasteiger partial charge is 0.0643 e. The van der Waals surface area contributed by atoms with Crippen LogP contribution in [0, 0.1) is 0 Å². The summed E-state index contributed by atoms with van der Waals surface area (Å²) in [5.74, 6) is 0.678. The molecule has 0 atom stereocenters. The lowest BCUT2D eigenvalue weighted by Gasteiger charge is -2.22. The van der Waals surface area contributed by atoms with E-state index in [1.165, 1.54) is 37.7 Å². The second-order valence-electron chi connectivity index (χ2n) is 5.82. The van der Waals surface area contributed by atoms with E-state index in [4.69, 9.17) is 17.3 Å². The minimum atomic E-state index is 0.678. The zero-order chi connectivity index (χ0) is 14.7. The molecule has 110 valence electrons. The lowest BCUT2D eigenvalue weighted by molar-refractivity contribution is 0.443. The van der Waals surface area contributed by atoms with Crippen molar-refractivity contribution < 1.29 is 0 Å². The Labute approximate surface area is 131 Å². The molecule has 0 radical (unpaired) electrons. The molecule has 2 nitrogen and oxygen atoms in total. The molecule has 0 aliphatic heterocycles. The van der Waals surface area contributed by atoms with Crippen molar-refractivity contribution in [1.29, 1.82) is 0 Å². The zero-order valence-corrected chi connectivity index (χ0v) is 12.9. The largest absolute Gasteiger partial charge is 0.399 e. The minimum Gasteiger partial charge on any atom is -0.399 e. The van der Waals surface area contributed by atoms with E-state index < -0.39 is 0 Å². The van der Waals surface area contributed by atoms with Gasteiger partial charge >= 0.3 is 0 Å². The van der Waals surface area contributed by atoms with Gasteiger partial charge in [-0.1, -0.05) is 43.0 Å². The molecule has 1 aliphatic rings. The maximum Gasteiger partial charge on any atom is 0.0643 e. The Balaban J connectivity index is 1.77. The summed E-state index contributed by atoms with van der Waals surface area (Å²) in [4.78, 5) is 0. The summed E-state index contributed by atoms with van der Waals surface area (Å²) < 4.78 is 0. The first-order valence-corrected chi connectivity index (χ1v) is 8.02. The summed E-state index contributed by atoms with van der Waals surface area (Å²) in [6.45, 7) is 0. The van der Waals surface area contributed by atoms with Crippen LogP contribution in [0.3, 0.4) is 0 Å². The zero-order valence-electron chi connectivity index (χ0n) is 12.1. The van der Waals surface area contributed by atoms with Gasteiger partial charge in [-0.25, -0.2) is 0 Å². The van der Waals surface area contributed by atoms with Crippen LogP contribution in [0.25, 0.3) is 0 Å². The maximum atomic E-state index is 6.44. The van der Waals surface area contributed by atoms with E-state index >= 15 is 0 Å². The Morgan fingerprint density at radius 1 is 1.00 bits per heavy atom. The van der Waals surface area contributed by atoms with Gasteiger partial charge in [-0.15, -0.1) is 0 Å². The first-order chi connectivity index (χ1) is 10.2. The van der Waals surface area contributed by atoms with Gasteiger partial charge in [-0.05, 0) is 54.7 Å². The molecule has 1 saturated carbocycles. The van der Waals surface area contributed by atoms with Gasteiger partial charge in [0.25, 0.3) is 0 Å². The number of rotatable bonds is 3. The summed E-state index contributed by atoms with van der Waals surface area (Å²) in [6.07, 6.45) is 6.63. The number of nitrogens with one attached hydrogen (secondary N) is 1. The average Bonchev–Trinajstić information content (AvgIpc) is 2.50. The molecule has 3 rings (SSSR count). The van der Waals surface area contributed by atoms with Crippen LogP contribution >= 0.6 is 11.6 Å². The third kappa shape index (κ3) is 3.51. The predicted octanol–water partition coefficient (Wildman–Crippen LogP) is 5.71. The van der Waals surface area contributed by atoms with Crippen molar-refractivity contribution in [3.05, 3.63) is 53.1 Å². The van der Waals surface area contributed by atoms with Gasteiger partial charge in [0.1, 0.15) is 0 Å². The molecule has 0 unspecified atom stereocenters. The van der Waals surface area contributed by atoms with Crippen molar-refractivity contribution in [3.63, 3.8) is 0 Å². The standard InChI is InChI=1S/C18H21ClN2/c19-17-11-14(13-5-2-1-3-6-13)9-10-18(17)21-16-8-4-7-15(20)12-16/h4,7-13,21H,1-3,5-6,20H2. The normalized spacial score (nSPS) is 15.9. The predicted molar refractivity (Wildman–Crippen MR) is 91.4 cm³/mol. The molecule has 3 heteroatoms. The van der Waals surface area contributed by atoms with Crippen molar-refractivity contribution in [2.75, 3.05) is 11.1 Å². The molecule has 0 aromatic heterocycles. The minimum absolute atomic E-state index is 0.678. The third-order valence-corrected chi connectivity index (χ3v) is 4.55. The van der Waals surface area contributed by atoms with E-state index in [0.717, 1.165) is 22.1 Å². The Hall–Kier alpha value is -1.67. The van der Waals surface area contributed by atoms with E-state index in [-0.39, 0.29) is 0 Å². The lowest BCUT2D eigenvalue weighted by Crippen LogP contribution is -2.04. The van der Waals surface area contributed by atoms with Crippen molar-refractivity contribution in [1.82, 2.24) is 0 Å². The highest BCUT2D eigenvalue weighted by molar-refractivity contribution is 6.33. The number of hydrogen-bond donors (Lipinski definition) is 2. The topological polar surface area (TPSA) is 38.0 Å². The highest BCUT2D eigenvalue weighted by atomic mass is 35.5. The molecule has 0 amide bonds. The molecule has 0 heterocycles. The Morgan fingerprint density at radius 3 is 2.52 bits per heavy atom. The van der Waals surface area contributed by atoms with E-state index in [1.54, 1.807) is 0 Å². The van der Waals surface area contributed by atoms with Gasteiger partial charge < -0.3 is 11.1 Å². The summed E-state index contributed by atoms with van der Waals surface area (Å²) in [5, 5.41) is 4.11. The van der Waals surface area contributed by atoms with Crippen LogP contribution in [0.1, 0.15) is 43.6 Å². The molecule has 2 aromatic carbocycles. The molecule has 3 N–H and O–H groups in total. The second-order valence-corrected chi connectivity index (χ2v) is 6.23. The average molecular weight is 301 g/mol. The van der Waals surface area contributed by atoms with E-state index in [0.29, 0.717) is 5.92 Å². The van der Waals surface area contributed by atoms with Gasteiger partial charge in [0.2, 0.25) is 0 Å². The summed E-state index contributed by atoms with van der Waals surface area (Å²) in [5.41, 5.74) is 9.81. The molecule has 0 spiro atoms. The first kappa shape index (κ1) is 14.3. The van der Waals surface area contributed by atoms with Gasteiger partial charge in [0.15, 0.2) is 0 Å². The van der Waals surface area contributed by atoms with Crippen molar-refractivity contribution >= 4 is 28.7 Å². The van der Waals surface area contributed by atoms with Crippen LogP contribution in [0.4, 0.5) is 17.1 Å². The number of halogens is 1. The Morgan fingerprint density at radius 2 is 1.81 bits per heavy atom. The van der Waals surface area contributed by atoms with Crippen molar-refractivity contribution in [2.45, 2.75) is 38.0 Å². The van der Waals surface area contributed by atoms with Crippen LogP contribution < -0.4 is 11.1 Å². The highest BCUT2D eigenvalue weighted by Gasteiger charge is 2.16. The monoisotopic (exact) mass is 300 g/mol. The van der Waals surface area contributed by atoms with Crippen molar-refractivity contribution in [3.8, 4) is 0 Å². The fourth-order valence-electron chi connectivity index (χ4n) is 3.09. The van der Waals surface area contributed by atoms with Gasteiger partial charge in [-0.2, -0.15) is 0 Å². The summed E-state index contributed by atoms with van der Waals surface area (Å²) >= 11 is 6.44. The number of anilines is 3. The van der Waals surface area contributed by atoms with Gasteiger partial charge in [0.05, 0.1) is 10.7 Å². The van der Waals surface area contributed by atoms with Crippen LogP contribution in [-0.2, 0) is 0 Å². The summed E-state index contributed by atoms with van der Waals surface area (Å²) in [6, 6.07) is 14.1. The van der Waals surface area contributed by atoms with Crippen LogP contribution in [0.2, 0.25) is 5.02 Å². The molecule has 1 aliphatic carbocycles. The quantitative estimate of drug-likeness (QED) is 0.712. The SMILES string of the molecule is Nc1cccc(Nc2ccc(C3CCCCC3)cc2Cl)c1. The molecule has 0 saturated heterocycles. The second kappa shape index (κ2) is 6.40. The molecule has 0 bridgehead atoms. The van der Waals surface area contributed by atoms with Gasteiger partial charge in [-0.3, -0.25) is 0 Å². The Bertz CT molecular complexity index is 618. The lowest BCUT2D eigenvalue weighted by atomic mass is 9.84. The van der Waals surface area contributed by atoms with Crippen molar-refractivity contribution in [2.24, 2.45) is 0 Å². The molecular weight excluding hydrogens is 280 g/mol. The highest BCUT2D eigenvalue weighted by Crippen LogP contribution is 2.36. The van der Waals surface area contributed by atoms with Crippen LogP contribution in [0.15, 0.2) is 42.5 Å². The van der Waals surface area contributed by atoms with Crippen LogP contribution in [-0.4, -0.2) is 0 Å². The first-order valence-electron chi connectivity index (χ1n) is 7.64. The molecule has 2 aromatic rings. The molecular formula is C18H21ClN2. The maximum absolute atomic E-state index is 6.44. The van der Waals surface area contributed by atoms with E-state index in [1.807, 2.05) is 24.3 Å². The van der Waals surface area contributed by atoms with E-state index in [9.17, 15) is 0 Å². The Kier molecular flexibility index (Phi) is 4.35. The fourth-order valence-corrected chi connectivity index (χ4v) is 3.33. The molecule has 21 heavy (non-hydrogen) atoms. The number of nitrogen functional groups attached to an aromatic ring is 1. The number of nitrogens with two attached hydrogens (primary N) is 1. The van der Waals surface area contributed by atoms with Gasteiger partial charge in [0, 0.05) is 11.4 Å². The number of benzene rings is 2. The number of hydrogen-bond acceptors (Lipinski definition) is 2. The van der Waals surface area contributed by atoms with Crippen LogP contribution in [0.5, 0.6) is 0 Å². The summed E-state index contributed by atoms with van der Waals surface area (Å²) in [7, 11) is 0. The third-order valence-electron chi connectivity index (χ3n) is 4.24. The molecule has 1 fully saturated rings. The van der Waals surface area contributed by atoms with E-state index in [2.05, 4.69) is 23.5 Å².